The molecule has 2 bridgehead atoms. The Morgan fingerprint density at radius 1 is 1.04 bits per heavy atom. The second-order valence-electron chi connectivity index (χ2n) is 6.44. The van der Waals surface area contributed by atoms with Crippen LogP contribution in [0.15, 0.2) is 54.6 Å². The van der Waals surface area contributed by atoms with Crippen LogP contribution in [0.5, 0.6) is 0 Å². The minimum Gasteiger partial charge on any atom is -0.378 e. The number of benzene rings is 2. The van der Waals surface area contributed by atoms with E-state index in [0.29, 0.717) is 6.04 Å². The Morgan fingerprint density at radius 3 is 2.67 bits per heavy atom. The van der Waals surface area contributed by atoms with Gasteiger partial charge < -0.3 is 4.74 Å². The molecule has 2 heterocycles. The van der Waals surface area contributed by atoms with Crippen LogP contribution in [0.25, 0.3) is 5.57 Å². The third-order valence-corrected chi connectivity index (χ3v) is 5.39. The second kappa shape index (κ2) is 6.89. The van der Waals surface area contributed by atoms with Gasteiger partial charge in [0, 0.05) is 22.6 Å². The van der Waals surface area contributed by atoms with Crippen molar-refractivity contribution in [2.24, 2.45) is 0 Å². The number of rotatable bonds is 3. The average Bonchev–Trinajstić information content (AvgIpc) is 2.58. The third kappa shape index (κ3) is 3.25. The van der Waals surface area contributed by atoms with E-state index >= 15 is 0 Å². The molecule has 0 saturated carbocycles. The van der Waals surface area contributed by atoms with Crippen molar-refractivity contribution in [3.05, 3.63) is 75.8 Å². The normalized spacial score (nSPS) is 23.8. The van der Waals surface area contributed by atoms with Gasteiger partial charge in [-0.3, -0.25) is 4.90 Å². The van der Waals surface area contributed by atoms with E-state index in [1.807, 2.05) is 18.2 Å². The third-order valence-electron chi connectivity index (χ3n) is 4.83. The van der Waals surface area contributed by atoms with Gasteiger partial charge in [0.15, 0.2) is 0 Å². The molecule has 1 fully saturated rings. The molecule has 0 spiro atoms. The SMILES string of the molecule is Clc1ccc(Cl)c(C2=CC3COCC(C2)N3Cc2ccccc2)c1. The molecule has 0 aliphatic carbocycles. The lowest BCUT2D eigenvalue weighted by Gasteiger charge is -2.45. The first-order valence-corrected chi connectivity index (χ1v) is 9.00. The van der Waals surface area contributed by atoms with Crippen LogP contribution in [0.4, 0.5) is 0 Å². The van der Waals surface area contributed by atoms with Crippen LogP contribution in [0, 0.1) is 0 Å². The molecule has 2 atom stereocenters. The summed E-state index contributed by atoms with van der Waals surface area (Å²) in [6.45, 7) is 2.44. The molecule has 4 heteroatoms. The summed E-state index contributed by atoms with van der Waals surface area (Å²) in [6, 6.07) is 17.0. The summed E-state index contributed by atoms with van der Waals surface area (Å²) in [4.78, 5) is 2.54. The zero-order valence-corrected chi connectivity index (χ0v) is 14.8. The van der Waals surface area contributed by atoms with Crippen LogP contribution in [0.2, 0.25) is 10.0 Å². The molecule has 0 amide bonds. The molecule has 2 aromatic rings. The van der Waals surface area contributed by atoms with Crippen molar-refractivity contribution in [1.29, 1.82) is 0 Å². The van der Waals surface area contributed by atoms with E-state index in [-0.39, 0.29) is 6.04 Å². The maximum absolute atomic E-state index is 6.41. The van der Waals surface area contributed by atoms with Crippen molar-refractivity contribution in [3.63, 3.8) is 0 Å². The fraction of sp³-hybridized carbons (Fsp3) is 0.300. The molecular weight excluding hydrogens is 341 g/mol. The van der Waals surface area contributed by atoms with E-state index in [9.17, 15) is 0 Å². The van der Waals surface area contributed by atoms with Gasteiger partial charge in [0.1, 0.15) is 0 Å². The Kier molecular flexibility index (Phi) is 4.64. The number of nitrogens with zero attached hydrogens (tertiary/aromatic N) is 1. The van der Waals surface area contributed by atoms with Crippen molar-refractivity contribution in [3.8, 4) is 0 Å². The van der Waals surface area contributed by atoms with Gasteiger partial charge in [0.25, 0.3) is 0 Å². The van der Waals surface area contributed by atoms with Gasteiger partial charge in [0.05, 0.1) is 19.3 Å². The first kappa shape index (κ1) is 16.2. The van der Waals surface area contributed by atoms with Crippen LogP contribution >= 0.6 is 23.2 Å². The minimum atomic E-state index is 0.280. The van der Waals surface area contributed by atoms with E-state index < -0.39 is 0 Å². The summed E-state index contributed by atoms with van der Waals surface area (Å²) < 4.78 is 5.80. The summed E-state index contributed by atoms with van der Waals surface area (Å²) in [6.07, 6.45) is 3.24. The summed E-state index contributed by atoms with van der Waals surface area (Å²) in [5.74, 6) is 0. The fourth-order valence-electron chi connectivity index (χ4n) is 3.65. The van der Waals surface area contributed by atoms with Crippen molar-refractivity contribution >= 4 is 28.8 Å². The van der Waals surface area contributed by atoms with Crippen LogP contribution in [-0.2, 0) is 11.3 Å². The van der Waals surface area contributed by atoms with Crippen LogP contribution in [0.1, 0.15) is 17.5 Å². The van der Waals surface area contributed by atoms with Gasteiger partial charge in [-0.25, -0.2) is 0 Å². The molecule has 0 N–H and O–H groups in total. The smallest absolute Gasteiger partial charge is 0.0658 e. The molecule has 4 rings (SSSR count). The maximum Gasteiger partial charge on any atom is 0.0658 e. The number of morpholine rings is 1. The van der Waals surface area contributed by atoms with Crippen molar-refractivity contribution in [2.75, 3.05) is 13.2 Å². The summed E-state index contributed by atoms with van der Waals surface area (Å²) in [5.41, 5.74) is 3.68. The van der Waals surface area contributed by atoms with Crippen molar-refractivity contribution in [1.82, 2.24) is 4.90 Å². The molecule has 0 radical (unpaired) electrons. The molecule has 2 nitrogen and oxygen atoms in total. The van der Waals surface area contributed by atoms with E-state index in [1.165, 1.54) is 11.1 Å². The Hall–Kier alpha value is -1.32. The summed E-state index contributed by atoms with van der Waals surface area (Å²) in [7, 11) is 0. The highest BCUT2D eigenvalue weighted by molar-refractivity contribution is 6.34. The van der Waals surface area contributed by atoms with E-state index in [1.54, 1.807) is 0 Å². The quantitative estimate of drug-likeness (QED) is 0.760. The van der Waals surface area contributed by atoms with Crippen LogP contribution < -0.4 is 0 Å². The number of hydrogen-bond donors (Lipinski definition) is 0. The highest BCUT2D eigenvalue weighted by atomic mass is 35.5. The minimum absolute atomic E-state index is 0.280. The first-order chi connectivity index (χ1) is 11.7. The molecule has 0 aromatic heterocycles. The zero-order chi connectivity index (χ0) is 16.5. The topological polar surface area (TPSA) is 12.5 Å². The number of hydrogen-bond acceptors (Lipinski definition) is 2. The zero-order valence-electron chi connectivity index (χ0n) is 13.3. The standard InChI is InChI=1S/C20H19Cl2NO/c21-16-6-7-20(22)19(10-16)15-8-17-12-24-13-18(9-15)23(17)11-14-4-2-1-3-5-14/h1-8,10,17-18H,9,11-13H2. The molecule has 124 valence electrons. The Labute approximate surface area is 152 Å². The molecule has 2 aliphatic heterocycles. The Bertz CT molecular complexity index is 759. The van der Waals surface area contributed by atoms with E-state index in [0.717, 1.165) is 41.8 Å². The van der Waals surface area contributed by atoms with Gasteiger partial charge >= 0.3 is 0 Å². The van der Waals surface area contributed by atoms with Gasteiger partial charge in [-0.2, -0.15) is 0 Å². The van der Waals surface area contributed by atoms with Gasteiger partial charge in [-0.05, 0) is 41.3 Å². The van der Waals surface area contributed by atoms with Crippen molar-refractivity contribution < 1.29 is 4.74 Å². The Balaban J connectivity index is 1.63. The average molecular weight is 360 g/mol. The molecule has 2 aliphatic rings. The second-order valence-corrected chi connectivity index (χ2v) is 7.28. The van der Waals surface area contributed by atoms with Crippen molar-refractivity contribution in [2.45, 2.75) is 25.0 Å². The molecule has 24 heavy (non-hydrogen) atoms. The highest BCUT2D eigenvalue weighted by Crippen LogP contribution is 2.37. The predicted molar refractivity (Wildman–Crippen MR) is 99.4 cm³/mol. The highest BCUT2D eigenvalue weighted by Gasteiger charge is 2.35. The summed E-state index contributed by atoms with van der Waals surface area (Å²) >= 11 is 12.6. The number of fused-ring (bicyclic) bond motifs is 2. The van der Waals surface area contributed by atoms with Crippen LogP contribution in [-0.4, -0.2) is 30.2 Å². The van der Waals surface area contributed by atoms with Crippen LogP contribution in [0.3, 0.4) is 0 Å². The van der Waals surface area contributed by atoms with Gasteiger partial charge in [-0.15, -0.1) is 0 Å². The monoisotopic (exact) mass is 359 g/mol. The van der Waals surface area contributed by atoms with Gasteiger partial charge in [-0.1, -0.05) is 59.6 Å². The van der Waals surface area contributed by atoms with Gasteiger partial charge in [0.2, 0.25) is 0 Å². The molecule has 1 saturated heterocycles. The largest absolute Gasteiger partial charge is 0.378 e. The lowest BCUT2D eigenvalue weighted by Crippen LogP contribution is -2.53. The van der Waals surface area contributed by atoms with E-state index in [2.05, 4.69) is 41.3 Å². The number of halogens is 2. The molecular formula is C20H19Cl2NO. The predicted octanol–water partition coefficient (Wildman–Crippen LogP) is 5.05. The Morgan fingerprint density at radius 2 is 1.88 bits per heavy atom. The maximum atomic E-state index is 6.41. The lowest BCUT2D eigenvalue weighted by atomic mass is 9.89. The molecule has 2 unspecified atom stereocenters. The first-order valence-electron chi connectivity index (χ1n) is 8.24. The summed E-state index contributed by atoms with van der Waals surface area (Å²) in [5, 5.41) is 1.49. The van der Waals surface area contributed by atoms with E-state index in [4.69, 9.17) is 27.9 Å². The lowest BCUT2D eigenvalue weighted by molar-refractivity contribution is -0.0402. The molecule has 2 aromatic carbocycles. The number of ether oxygens (including phenoxy) is 1. The fourth-order valence-corrected chi connectivity index (χ4v) is 4.06.